The van der Waals surface area contributed by atoms with Gasteiger partial charge >= 0.3 is 0 Å². The molecule has 0 radical (unpaired) electrons. The topological polar surface area (TPSA) is 69.0 Å². The monoisotopic (exact) mass is 440 g/mol. The number of ether oxygens (including phenoxy) is 1. The van der Waals surface area contributed by atoms with Gasteiger partial charge in [0.1, 0.15) is 24.5 Å². The average molecular weight is 441 g/mol. The Morgan fingerprint density at radius 2 is 1.73 bits per heavy atom. The van der Waals surface area contributed by atoms with Gasteiger partial charge in [-0.2, -0.15) is 0 Å². The van der Waals surface area contributed by atoms with Gasteiger partial charge in [-0.3, -0.25) is 9.36 Å². The lowest BCUT2D eigenvalue weighted by Crippen LogP contribution is -2.22. The van der Waals surface area contributed by atoms with E-state index in [0.717, 1.165) is 22.7 Å². The van der Waals surface area contributed by atoms with E-state index in [-0.39, 0.29) is 11.3 Å². The molecule has 2 aromatic heterocycles. The Bertz CT molecular complexity index is 1190. The van der Waals surface area contributed by atoms with Crippen LogP contribution in [-0.4, -0.2) is 20.4 Å². The number of nitrogens with one attached hydrogen (secondary N) is 1. The predicted octanol–water partition coefficient (Wildman–Crippen LogP) is 5.07. The Kier molecular flexibility index (Phi) is 6.54. The number of amides is 1. The highest BCUT2D eigenvalue weighted by Crippen LogP contribution is 2.24. The van der Waals surface area contributed by atoms with Gasteiger partial charge in [0.25, 0.3) is 5.91 Å². The molecule has 0 aliphatic heterocycles. The predicted molar refractivity (Wildman–Crippen MR) is 128 cm³/mol. The lowest BCUT2D eigenvalue weighted by molar-refractivity contribution is 0.0951. The maximum Gasteiger partial charge on any atom is 0.251 e. The van der Waals surface area contributed by atoms with Gasteiger partial charge in [-0.1, -0.05) is 45.0 Å². The summed E-state index contributed by atoms with van der Waals surface area (Å²) in [6.45, 7) is 7.44. The van der Waals surface area contributed by atoms with E-state index in [1.54, 1.807) is 18.7 Å². The van der Waals surface area contributed by atoms with E-state index in [4.69, 9.17) is 4.74 Å². The molecule has 6 nitrogen and oxygen atoms in total. The highest BCUT2D eigenvalue weighted by Gasteiger charge is 2.13. The third kappa shape index (κ3) is 5.86. The van der Waals surface area contributed by atoms with E-state index < -0.39 is 0 Å². The van der Waals surface area contributed by atoms with Crippen LogP contribution in [0, 0.1) is 0 Å². The third-order valence-electron chi connectivity index (χ3n) is 5.37. The van der Waals surface area contributed by atoms with E-state index in [1.807, 2.05) is 59.3 Å². The fraction of sp³-hybridized carbons (Fsp3) is 0.222. The number of rotatable bonds is 7. The summed E-state index contributed by atoms with van der Waals surface area (Å²) in [5.41, 5.74) is 3.97. The second-order valence-electron chi connectivity index (χ2n) is 8.93. The minimum absolute atomic E-state index is 0.120. The molecule has 0 spiro atoms. The zero-order chi connectivity index (χ0) is 23.3. The van der Waals surface area contributed by atoms with Crippen LogP contribution in [0.2, 0.25) is 0 Å². The molecule has 0 bridgehead atoms. The van der Waals surface area contributed by atoms with Gasteiger partial charge in [0.15, 0.2) is 0 Å². The van der Waals surface area contributed by atoms with Crippen LogP contribution in [0.3, 0.4) is 0 Å². The number of hydrogen-bond acceptors (Lipinski definition) is 4. The normalized spacial score (nSPS) is 11.2. The molecule has 2 aromatic carbocycles. The van der Waals surface area contributed by atoms with Gasteiger partial charge in [0.05, 0.1) is 0 Å². The molecule has 168 valence electrons. The van der Waals surface area contributed by atoms with Gasteiger partial charge in [-0.25, -0.2) is 9.97 Å². The van der Waals surface area contributed by atoms with E-state index >= 15 is 0 Å². The van der Waals surface area contributed by atoms with Crippen molar-refractivity contribution in [3.8, 4) is 11.6 Å². The van der Waals surface area contributed by atoms with Gasteiger partial charge in [-0.05, 0) is 58.5 Å². The van der Waals surface area contributed by atoms with Crippen molar-refractivity contribution >= 4 is 5.91 Å². The Labute approximate surface area is 194 Å². The minimum atomic E-state index is -0.124. The number of aromatic nitrogens is 3. The maximum atomic E-state index is 12.6. The van der Waals surface area contributed by atoms with Gasteiger partial charge in [0, 0.05) is 30.7 Å². The number of benzene rings is 2. The molecule has 0 aliphatic carbocycles. The molecule has 1 amide bonds. The number of imidazole rings is 1. The van der Waals surface area contributed by atoms with E-state index in [1.165, 1.54) is 5.56 Å². The van der Waals surface area contributed by atoms with Gasteiger partial charge < -0.3 is 10.1 Å². The number of hydrogen-bond donors (Lipinski definition) is 1. The molecule has 4 rings (SSSR count). The standard InChI is InChI=1S/C27H28N4O2/c1-27(2,3)23-8-10-24(11-9-23)33-18-20-4-6-22(7-5-20)26(32)30-17-21-12-13-29-25(16-21)31-15-14-28-19-31/h4-16,19H,17-18H2,1-3H3,(H,30,32). The van der Waals surface area contributed by atoms with Crippen LogP contribution >= 0.6 is 0 Å². The van der Waals surface area contributed by atoms with Crippen molar-refractivity contribution in [1.29, 1.82) is 0 Å². The van der Waals surface area contributed by atoms with Crippen LogP contribution in [0.4, 0.5) is 0 Å². The Morgan fingerprint density at radius 1 is 0.970 bits per heavy atom. The maximum absolute atomic E-state index is 12.6. The summed E-state index contributed by atoms with van der Waals surface area (Å²) in [7, 11) is 0. The molecular weight excluding hydrogens is 412 g/mol. The van der Waals surface area contributed by atoms with Crippen LogP contribution in [0.5, 0.6) is 5.75 Å². The van der Waals surface area contributed by atoms with Crippen molar-refractivity contribution in [3.63, 3.8) is 0 Å². The van der Waals surface area contributed by atoms with Crippen molar-refractivity contribution in [1.82, 2.24) is 19.9 Å². The fourth-order valence-electron chi connectivity index (χ4n) is 3.36. The molecular formula is C27H28N4O2. The first kappa shape index (κ1) is 22.3. The Morgan fingerprint density at radius 3 is 2.39 bits per heavy atom. The lowest BCUT2D eigenvalue weighted by atomic mass is 9.87. The first-order chi connectivity index (χ1) is 15.9. The zero-order valence-electron chi connectivity index (χ0n) is 19.2. The van der Waals surface area contributed by atoms with Crippen molar-refractivity contribution in [2.24, 2.45) is 0 Å². The molecule has 0 unspecified atom stereocenters. The van der Waals surface area contributed by atoms with E-state index in [9.17, 15) is 4.79 Å². The molecule has 1 N–H and O–H groups in total. The van der Waals surface area contributed by atoms with Crippen LogP contribution in [-0.2, 0) is 18.6 Å². The lowest BCUT2D eigenvalue weighted by Gasteiger charge is -2.19. The largest absolute Gasteiger partial charge is 0.489 e. The van der Waals surface area contributed by atoms with Crippen LogP contribution in [0.25, 0.3) is 5.82 Å². The van der Waals surface area contributed by atoms with E-state index in [0.29, 0.717) is 18.7 Å². The summed E-state index contributed by atoms with van der Waals surface area (Å²) in [4.78, 5) is 20.9. The zero-order valence-corrected chi connectivity index (χ0v) is 19.2. The van der Waals surface area contributed by atoms with Gasteiger partial charge in [-0.15, -0.1) is 0 Å². The molecule has 0 atom stereocenters. The first-order valence-corrected chi connectivity index (χ1v) is 10.9. The molecule has 4 aromatic rings. The summed E-state index contributed by atoms with van der Waals surface area (Å²) >= 11 is 0. The summed E-state index contributed by atoms with van der Waals surface area (Å²) in [5.74, 6) is 1.47. The summed E-state index contributed by atoms with van der Waals surface area (Å²) < 4.78 is 7.72. The van der Waals surface area contributed by atoms with Gasteiger partial charge in [0.2, 0.25) is 0 Å². The smallest absolute Gasteiger partial charge is 0.251 e. The number of pyridine rings is 1. The van der Waals surface area contributed by atoms with Crippen molar-refractivity contribution in [2.75, 3.05) is 0 Å². The first-order valence-electron chi connectivity index (χ1n) is 10.9. The fourth-order valence-corrected chi connectivity index (χ4v) is 3.36. The second kappa shape index (κ2) is 9.69. The van der Waals surface area contributed by atoms with Crippen molar-refractivity contribution in [3.05, 3.63) is 108 Å². The average Bonchev–Trinajstić information content (AvgIpc) is 3.37. The molecule has 0 aliphatic rings. The molecule has 0 saturated heterocycles. The molecule has 33 heavy (non-hydrogen) atoms. The molecule has 0 fully saturated rings. The minimum Gasteiger partial charge on any atom is -0.489 e. The second-order valence-corrected chi connectivity index (χ2v) is 8.93. The van der Waals surface area contributed by atoms with Crippen LogP contribution < -0.4 is 10.1 Å². The summed E-state index contributed by atoms with van der Waals surface area (Å²) in [6.07, 6.45) is 6.95. The number of carbonyl (C=O) groups is 1. The Hall–Kier alpha value is -3.93. The number of carbonyl (C=O) groups excluding carboxylic acids is 1. The van der Waals surface area contributed by atoms with Crippen LogP contribution in [0.1, 0.15) is 47.8 Å². The molecule has 6 heteroatoms. The Balaban J connectivity index is 1.30. The molecule has 0 saturated carbocycles. The summed E-state index contributed by atoms with van der Waals surface area (Å²) in [5, 5.41) is 2.96. The van der Waals surface area contributed by atoms with Crippen LogP contribution in [0.15, 0.2) is 85.6 Å². The third-order valence-corrected chi connectivity index (χ3v) is 5.37. The highest BCUT2D eigenvalue weighted by atomic mass is 16.5. The number of nitrogens with zero attached hydrogens (tertiary/aromatic N) is 3. The highest BCUT2D eigenvalue weighted by molar-refractivity contribution is 5.94. The SMILES string of the molecule is CC(C)(C)c1ccc(OCc2ccc(C(=O)NCc3ccnc(-n4ccnc4)c3)cc2)cc1. The molecule has 2 heterocycles. The van der Waals surface area contributed by atoms with Crippen molar-refractivity contribution in [2.45, 2.75) is 39.3 Å². The van der Waals surface area contributed by atoms with Crippen molar-refractivity contribution < 1.29 is 9.53 Å². The summed E-state index contributed by atoms with van der Waals surface area (Å²) in [6, 6.07) is 19.5. The van der Waals surface area contributed by atoms with E-state index in [2.05, 4.69) is 48.2 Å². The quantitative estimate of drug-likeness (QED) is 0.435.